The predicted octanol–water partition coefficient (Wildman–Crippen LogP) is 7.41. The summed E-state index contributed by atoms with van der Waals surface area (Å²) >= 11 is 0. The van der Waals surface area contributed by atoms with Gasteiger partial charge < -0.3 is 14.2 Å². The highest BCUT2D eigenvalue weighted by atomic mass is 16.5. The van der Waals surface area contributed by atoms with E-state index in [-0.39, 0.29) is 0 Å². The van der Waals surface area contributed by atoms with E-state index in [1.807, 2.05) is 24.3 Å². The summed E-state index contributed by atoms with van der Waals surface area (Å²) in [5.41, 5.74) is 0.958. The molecule has 0 N–H and O–H groups in total. The van der Waals surface area contributed by atoms with Crippen LogP contribution in [0.3, 0.4) is 0 Å². The largest absolute Gasteiger partial charge is 0.490 e. The zero-order valence-electron chi connectivity index (χ0n) is 20.6. The fourth-order valence-electron chi connectivity index (χ4n) is 3.31. The van der Waals surface area contributed by atoms with Crippen LogP contribution in [-0.4, -0.2) is 36.4 Å². The first-order valence-corrected chi connectivity index (χ1v) is 12.7. The third-order valence-corrected chi connectivity index (χ3v) is 5.32. The molecule has 0 amide bonds. The van der Waals surface area contributed by atoms with Crippen molar-refractivity contribution in [1.29, 1.82) is 0 Å². The fourth-order valence-corrected chi connectivity index (χ4v) is 3.31. The summed E-state index contributed by atoms with van der Waals surface area (Å²) < 4.78 is 17.2. The van der Waals surface area contributed by atoms with Crippen LogP contribution in [0.15, 0.2) is 48.8 Å². The second-order valence-electron chi connectivity index (χ2n) is 8.27. The van der Waals surface area contributed by atoms with Gasteiger partial charge in [-0.15, -0.1) is 0 Å². The van der Waals surface area contributed by atoms with Gasteiger partial charge in [-0.3, -0.25) is 0 Å². The summed E-state index contributed by atoms with van der Waals surface area (Å²) in [7, 11) is 0. The predicted molar refractivity (Wildman–Crippen MR) is 136 cm³/mol. The highest BCUT2D eigenvalue weighted by molar-refractivity contribution is 5.56. The molecule has 0 saturated heterocycles. The molecular formula is C28H42N2O3. The van der Waals surface area contributed by atoms with Gasteiger partial charge in [0.1, 0.15) is 12.4 Å². The van der Waals surface area contributed by atoms with Gasteiger partial charge in [-0.25, -0.2) is 9.97 Å². The Hall–Kier alpha value is -2.40. The number of ether oxygens (including phenoxy) is 3. The second kappa shape index (κ2) is 18.1. The highest BCUT2D eigenvalue weighted by Gasteiger charge is 2.03. The molecule has 5 nitrogen and oxygen atoms in total. The van der Waals surface area contributed by atoms with Crippen LogP contribution in [0.25, 0.3) is 11.4 Å². The Labute approximate surface area is 200 Å². The average molecular weight is 455 g/mol. The molecular weight excluding hydrogens is 412 g/mol. The maximum Gasteiger partial charge on any atom is 0.159 e. The average Bonchev–Trinajstić information content (AvgIpc) is 2.85. The van der Waals surface area contributed by atoms with E-state index in [9.17, 15) is 0 Å². The molecule has 0 spiro atoms. The van der Waals surface area contributed by atoms with Crippen molar-refractivity contribution in [2.45, 2.75) is 78.1 Å². The zero-order valence-corrected chi connectivity index (χ0v) is 20.6. The Morgan fingerprint density at radius 3 is 2.06 bits per heavy atom. The molecule has 0 unspecified atom stereocenters. The minimum absolute atomic E-state index is 0.596. The molecule has 182 valence electrons. The van der Waals surface area contributed by atoms with Crippen LogP contribution in [-0.2, 0) is 4.74 Å². The van der Waals surface area contributed by atoms with Gasteiger partial charge in [0.15, 0.2) is 11.6 Å². The Morgan fingerprint density at radius 2 is 1.33 bits per heavy atom. The molecule has 2 aromatic rings. The van der Waals surface area contributed by atoms with Gasteiger partial charge in [0.2, 0.25) is 0 Å². The molecule has 0 aliphatic heterocycles. The molecule has 0 fully saturated rings. The van der Waals surface area contributed by atoms with Gasteiger partial charge in [0.25, 0.3) is 0 Å². The third kappa shape index (κ3) is 12.4. The summed E-state index contributed by atoms with van der Waals surface area (Å²) in [6.45, 7) is 7.38. The number of hydrogen-bond acceptors (Lipinski definition) is 5. The number of allylic oxidation sites excluding steroid dienone is 1. The van der Waals surface area contributed by atoms with Crippen molar-refractivity contribution < 1.29 is 14.2 Å². The normalized spacial score (nSPS) is 11.2. The van der Waals surface area contributed by atoms with E-state index in [2.05, 4.69) is 36.0 Å². The molecule has 0 radical (unpaired) electrons. The first kappa shape index (κ1) is 26.8. The first-order valence-electron chi connectivity index (χ1n) is 12.7. The molecule has 0 aliphatic rings. The second-order valence-corrected chi connectivity index (χ2v) is 8.27. The minimum atomic E-state index is 0.596. The van der Waals surface area contributed by atoms with Crippen molar-refractivity contribution in [1.82, 2.24) is 9.97 Å². The number of nitrogens with zero attached hydrogens (tertiary/aromatic N) is 2. The van der Waals surface area contributed by atoms with Crippen LogP contribution in [0.4, 0.5) is 0 Å². The van der Waals surface area contributed by atoms with Crippen molar-refractivity contribution in [3.63, 3.8) is 0 Å². The Morgan fingerprint density at radius 1 is 0.667 bits per heavy atom. The van der Waals surface area contributed by atoms with Crippen LogP contribution in [0.2, 0.25) is 0 Å². The summed E-state index contributed by atoms with van der Waals surface area (Å²) in [4.78, 5) is 8.88. The molecule has 0 aliphatic carbocycles. The molecule has 2 rings (SSSR count). The Kier molecular flexibility index (Phi) is 14.7. The SMILES string of the molecule is CCCCCC=CCOc1ccc(-c2ncc(OCCCCOCCCCCC)cn2)cc1. The first-order chi connectivity index (χ1) is 16.3. The minimum Gasteiger partial charge on any atom is -0.490 e. The van der Waals surface area contributed by atoms with Crippen molar-refractivity contribution >= 4 is 0 Å². The van der Waals surface area contributed by atoms with Gasteiger partial charge in [0.05, 0.1) is 19.0 Å². The maximum absolute atomic E-state index is 5.77. The lowest BCUT2D eigenvalue weighted by atomic mass is 10.2. The lowest BCUT2D eigenvalue weighted by molar-refractivity contribution is 0.122. The highest BCUT2D eigenvalue weighted by Crippen LogP contribution is 2.20. The van der Waals surface area contributed by atoms with Crippen LogP contribution >= 0.6 is 0 Å². The van der Waals surface area contributed by atoms with E-state index in [1.54, 1.807) is 12.4 Å². The topological polar surface area (TPSA) is 53.5 Å². The zero-order chi connectivity index (χ0) is 23.4. The summed E-state index contributed by atoms with van der Waals surface area (Å²) in [5, 5.41) is 0. The molecule has 1 heterocycles. The lowest BCUT2D eigenvalue weighted by Crippen LogP contribution is -2.02. The quantitative estimate of drug-likeness (QED) is 0.163. The third-order valence-electron chi connectivity index (χ3n) is 5.32. The number of benzene rings is 1. The van der Waals surface area contributed by atoms with Gasteiger partial charge in [-0.2, -0.15) is 0 Å². The van der Waals surface area contributed by atoms with Crippen molar-refractivity contribution in [2.24, 2.45) is 0 Å². The van der Waals surface area contributed by atoms with Crippen LogP contribution < -0.4 is 9.47 Å². The molecule has 33 heavy (non-hydrogen) atoms. The van der Waals surface area contributed by atoms with E-state index in [0.29, 0.717) is 24.8 Å². The summed E-state index contributed by atoms with van der Waals surface area (Å²) in [5.74, 6) is 2.23. The molecule has 0 bridgehead atoms. The lowest BCUT2D eigenvalue weighted by Gasteiger charge is -2.08. The van der Waals surface area contributed by atoms with E-state index in [4.69, 9.17) is 14.2 Å². The van der Waals surface area contributed by atoms with E-state index < -0.39 is 0 Å². The Balaban J connectivity index is 1.61. The number of aromatic nitrogens is 2. The van der Waals surface area contributed by atoms with E-state index in [0.717, 1.165) is 43.8 Å². The Bertz CT molecular complexity index is 745. The van der Waals surface area contributed by atoms with Gasteiger partial charge in [-0.05, 0) is 56.4 Å². The van der Waals surface area contributed by atoms with Gasteiger partial charge in [-0.1, -0.05) is 58.1 Å². The smallest absolute Gasteiger partial charge is 0.159 e. The monoisotopic (exact) mass is 454 g/mol. The van der Waals surface area contributed by atoms with Gasteiger partial charge in [0, 0.05) is 18.8 Å². The summed E-state index contributed by atoms with van der Waals surface area (Å²) in [6.07, 6.45) is 19.7. The molecule has 0 atom stereocenters. The number of unbranched alkanes of at least 4 members (excludes halogenated alkanes) is 7. The van der Waals surface area contributed by atoms with Gasteiger partial charge >= 0.3 is 0 Å². The van der Waals surface area contributed by atoms with Crippen LogP contribution in [0.5, 0.6) is 11.5 Å². The van der Waals surface area contributed by atoms with Crippen molar-refractivity contribution in [3.8, 4) is 22.9 Å². The standard InChI is InChI=1S/C28H42N2O3/c1-3-5-7-9-10-12-21-32-26-17-15-25(16-18-26)28-29-23-27(24-30-28)33-22-14-13-20-31-19-11-8-6-4-2/h10,12,15-18,23-24H,3-9,11,13-14,19-22H2,1-2H3. The molecule has 0 saturated carbocycles. The number of rotatable bonds is 19. The van der Waals surface area contributed by atoms with Crippen molar-refractivity contribution in [3.05, 3.63) is 48.8 Å². The van der Waals surface area contributed by atoms with Crippen LogP contribution in [0, 0.1) is 0 Å². The van der Waals surface area contributed by atoms with Crippen molar-refractivity contribution in [2.75, 3.05) is 26.4 Å². The molecule has 1 aromatic carbocycles. The number of hydrogen-bond donors (Lipinski definition) is 0. The van der Waals surface area contributed by atoms with E-state index in [1.165, 1.54) is 44.9 Å². The van der Waals surface area contributed by atoms with Crippen LogP contribution in [0.1, 0.15) is 78.1 Å². The maximum atomic E-state index is 5.77. The fraction of sp³-hybridized carbons (Fsp3) is 0.571. The van der Waals surface area contributed by atoms with E-state index >= 15 is 0 Å². The molecule has 1 aromatic heterocycles. The summed E-state index contributed by atoms with van der Waals surface area (Å²) in [6, 6.07) is 7.89. The molecule has 5 heteroatoms.